The van der Waals surface area contributed by atoms with Crippen LogP contribution in [0, 0.1) is 5.92 Å². The Morgan fingerprint density at radius 1 is 1.00 bits per heavy atom. The molecule has 7 nitrogen and oxygen atoms in total. The molecule has 1 atom stereocenters. The van der Waals surface area contributed by atoms with Crippen LogP contribution in [-0.4, -0.2) is 67.4 Å². The van der Waals surface area contributed by atoms with Gasteiger partial charge in [0.2, 0.25) is 5.60 Å². The van der Waals surface area contributed by atoms with Crippen molar-refractivity contribution in [3.05, 3.63) is 88.8 Å². The van der Waals surface area contributed by atoms with E-state index in [-0.39, 0.29) is 17.9 Å². The van der Waals surface area contributed by atoms with E-state index >= 15 is 0 Å². The van der Waals surface area contributed by atoms with Gasteiger partial charge in [-0.2, -0.15) is 0 Å². The summed E-state index contributed by atoms with van der Waals surface area (Å²) in [5.41, 5.74) is -0.900. The van der Waals surface area contributed by atoms with Gasteiger partial charge in [0.15, 0.2) is 11.2 Å². The largest absolute Gasteiger partial charge is 0.487 e. The van der Waals surface area contributed by atoms with Gasteiger partial charge in [0, 0.05) is 18.8 Å². The molecule has 0 saturated carbocycles. The molecule has 0 unspecified atom stereocenters. The first-order valence-corrected chi connectivity index (χ1v) is 13.6. The summed E-state index contributed by atoms with van der Waals surface area (Å²) in [5.74, 6) is -0.452. The number of aliphatic hydroxyl groups is 1. The summed E-state index contributed by atoms with van der Waals surface area (Å²) in [6, 6.07) is 21.5. The number of piperidine rings is 3. The van der Waals surface area contributed by atoms with Crippen LogP contribution in [0.1, 0.15) is 33.6 Å². The number of ether oxygens (including phenoxy) is 2. The van der Waals surface area contributed by atoms with E-state index in [1.807, 2.05) is 36.4 Å². The summed E-state index contributed by atoms with van der Waals surface area (Å²) in [7, 11) is 1.59. The number of hydrogen-bond donors (Lipinski definition) is 2. The molecular formula is C29H33N2O5S+. The number of amides is 1. The summed E-state index contributed by atoms with van der Waals surface area (Å²) < 4.78 is 12.1. The van der Waals surface area contributed by atoms with Crippen molar-refractivity contribution < 1.29 is 28.7 Å². The minimum Gasteiger partial charge on any atom is -0.487 e. The van der Waals surface area contributed by atoms with Crippen molar-refractivity contribution in [3.63, 3.8) is 0 Å². The summed E-state index contributed by atoms with van der Waals surface area (Å²) in [4.78, 5) is 26.8. The molecule has 3 saturated heterocycles. The monoisotopic (exact) mass is 521 g/mol. The summed E-state index contributed by atoms with van der Waals surface area (Å²) in [6.45, 7) is 4.02. The Balaban J connectivity index is 1.26. The number of fused-ring (bicyclic) bond motifs is 3. The van der Waals surface area contributed by atoms with Crippen LogP contribution in [0.2, 0.25) is 0 Å². The molecule has 6 rings (SSSR count). The highest BCUT2D eigenvalue weighted by molar-refractivity contribution is 7.15. The molecule has 3 aliphatic heterocycles. The lowest BCUT2D eigenvalue weighted by Gasteiger charge is -2.52. The number of hydrogen-bond acceptors (Lipinski definition) is 6. The van der Waals surface area contributed by atoms with Gasteiger partial charge in [0.05, 0.1) is 38.2 Å². The van der Waals surface area contributed by atoms with Crippen molar-refractivity contribution in [2.24, 2.45) is 5.92 Å². The number of methoxy groups -OCH3 is 1. The Bertz CT molecular complexity index is 1180. The van der Waals surface area contributed by atoms with E-state index in [9.17, 15) is 14.7 Å². The molecule has 8 heteroatoms. The number of rotatable bonds is 9. The fourth-order valence-electron chi connectivity index (χ4n) is 5.70. The molecular weight excluding hydrogens is 488 g/mol. The van der Waals surface area contributed by atoms with Gasteiger partial charge in [0.1, 0.15) is 6.54 Å². The third-order valence-corrected chi connectivity index (χ3v) is 8.90. The zero-order valence-electron chi connectivity index (χ0n) is 21.0. The number of carbonyl (C=O) groups excluding carboxylic acids is 2. The van der Waals surface area contributed by atoms with E-state index in [2.05, 4.69) is 5.32 Å². The highest BCUT2D eigenvalue weighted by atomic mass is 32.1. The van der Waals surface area contributed by atoms with E-state index in [0.29, 0.717) is 34.2 Å². The van der Waals surface area contributed by atoms with E-state index in [1.165, 1.54) is 11.3 Å². The minimum atomic E-state index is -1.88. The molecule has 1 amide bonds. The van der Waals surface area contributed by atoms with Crippen molar-refractivity contribution >= 4 is 23.2 Å². The van der Waals surface area contributed by atoms with Crippen molar-refractivity contribution in [2.45, 2.75) is 24.5 Å². The van der Waals surface area contributed by atoms with Crippen LogP contribution in [-0.2, 0) is 15.1 Å². The van der Waals surface area contributed by atoms with E-state index in [0.717, 1.165) is 37.0 Å². The molecule has 3 aromatic rings. The van der Waals surface area contributed by atoms with E-state index in [4.69, 9.17) is 9.47 Å². The van der Waals surface area contributed by atoms with Gasteiger partial charge in [-0.1, -0.05) is 72.0 Å². The van der Waals surface area contributed by atoms with E-state index < -0.39 is 11.6 Å². The lowest BCUT2D eigenvalue weighted by Crippen LogP contribution is -2.66. The number of carbonyl (C=O) groups is 2. The SMILES string of the molecule is COc1ccc(C(=O)NCC[N+]23CCC(CC2)[C@@H](OC(=O)C(O)(c2ccccc2)c2ccccc2)C3)s1. The fraction of sp³-hybridized carbons (Fsp3) is 0.379. The molecule has 0 spiro atoms. The molecule has 2 bridgehead atoms. The topological polar surface area (TPSA) is 84.9 Å². The Hall–Kier alpha value is -3.20. The number of thiophene rings is 1. The zero-order chi connectivity index (χ0) is 25.9. The first kappa shape index (κ1) is 25.4. The summed E-state index contributed by atoms with van der Waals surface area (Å²) in [6.07, 6.45) is 1.65. The second-order valence-corrected chi connectivity index (χ2v) is 11.0. The maximum Gasteiger partial charge on any atom is 0.348 e. The molecule has 0 radical (unpaired) electrons. The Kier molecular flexibility index (Phi) is 7.33. The number of nitrogens with one attached hydrogen (secondary N) is 1. The van der Waals surface area contributed by atoms with Crippen molar-refractivity contribution in [1.82, 2.24) is 5.32 Å². The molecule has 194 valence electrons. The second-order valence-electron chi connectivity index (χ2n) is 10.00. The molecule has 37 heavy (non-hydrogen) atoms. The number of nitrogens with zero attached hydrogens (tertiary/aromatic N) is 1. The summed E-state index contributed by atoms with van der Waals surface area (Å²) >= 11 is 1.32. The van der Waals surface area contributed by atoms with Crippen LogP contribution in [0.4, 0.5) is 0 Å². The average Bonchev–Trinajstić information content (AvgIpc) is 3.44. The molecule has 3 aliphatic rings. The van der Waals surface area contributed by atoms with Gasteiger partial charge in [-0.25, -0.2) is 4.79 Å². The predicted molar refractivity (Wildman–Crippen MR) is 141 cm³/mol. The quantitative estimate of drug-likeness (QED) is 0.332. The predicted octanol–water partition coefficient (Wildman–Crippen LogP) is 3.57. The molecule has 2 aromatic carbocycles. The normalized spacial score (nSPS) is 22.9. The highest BCUT2D eigenvalue weighted by Crippen LogP contribution is 2.38. The number of esters is 1. The third kappa shape index (κ3) is 5.14. The lowest BCUT2D eigenvalue weighted by atomic mass is 9.82. The maximum absolute atomic E-state index is 13.7. The van der Waals surface area contributed by atoms with Gasteiger partial charge in [-0.15, -0.1) is 0 Å². The smallest absolute Gasteiger partial charge is 0.348 e. The maximum atomic E-state index is 13.7. The van der Waals surface area contributed by atoms with Gasteiger partial charge in [-0.3, -0.25) is 4.79 Å². The zero-order valence-corrected chi connectivity index (χ0v) is 21.8. The van der Waals surface area contributed by atoms with Gasteiger partial charge in [-0.05, 0) is 23.3 Å². The van der Waals surface area contributed by atoms with Gasteiger partial charge < -0.3 is 24.4 Å². The average molecular weight is 522 g/mol. The third-order valence-electron chi connectivity index (χ3n) is 7.86. The molecule has 3 fully saturated rings. The molecule has 2 N–H and O–H groups in total. The lowest BCUT2D eigenvalue weighted by molar-refractivity contribution is -0.945. The van der Waals surface area contributed by atoms with Gasteiger partial charge in [0.25, 0.3) is 5.91 Å². The van der Waals surface area contributed by atoms with E-state index in [1.54, 1.807) is 43.5 Å². The van der Waals surface area contributed by atoms with Crippen LogP contribution >= 0.6 is 11.3 Å². The Morgan fingerprint density at radius 2 is 1.62 bits per heavy atom. The summed E-state index contributed by atoms with van der Waals surface area (Å²) in [5, 5.41) is 15.5. The highest BCUT2D eigenvalue weighted by Gasteiger charge is 2.50. The Labute approximate surface area is 221 Å². The van der Waals surface area contributed by atoms with Gasteiger partial charge >= 0.3 is 5.97 Å². The Morgan fingerprint density at radius 3 is 2.19 bits per heavy atom. The van der Waals surface area contributed by atoms with Crippen LogP contribution in [0.3, 0.4) is 0 Å². The first-order chi connectivity index (χ1) is 17.9. The molecule has 4 heterocycles. The van der Waals surface area contributed by atoms with Crippen LogP contribution in [0.5, 0.6) is 5.06 Å². The van der Waals surface area contributed by atoms with Crippen LogP contribution in [0.25, 0.3) is 0 Å². The standard InChI is InChI=1S/C29H32N2O5S/c1-35-26-13-12-25(37-26)27(32)30-16-19-31-17-14-21(15-18-31)24(20-31)36-28(33)29(34,22-8-4-2-5-9-22)23-10-6-3-7-11-23/h2-13,21,24,34H,14-20H2,1H3/p+1/t21?,24-,31?/m0/s1. The molecule has 0 aliphatic carbocycles. The van der Waals surface area contributed by atoms with Crippen LogP contribution in [0.15, 0.2) is 72.8 Å². The minimum absolute atomic E-state index is 0.0999. The van der Waals surface area contributed by atoms with Crippen molar-refractivity contribution in [3.8, 4) is 5.06 Å². The van der Waals surface area contributed by atoms with Crippen molar-refractivity contribution in [2.75, 3.05) is 39.8 Å². The first-order valence-electron chi connectivity index (χ1n) is 12.8. The second kappa shape index (κ2) is 10.7. The molecule has 1 aromatic heterocycles. The number of quaternary nitrogens is 1. The van der Waals surface area contributed by atoms with Crippen LogP contribution < -0.4 is 10.1 Å². The number of benzene rings is 2. The fourth-order valence-corrected chi connectivity index (χ4v) is 6.44. The van der Waals surface area contributed by atoms with Crippen molar-refractivity contribution in [1.29, 1.82) is 0 Å².